The summed E-state index contributed by atoms with van der Waals surface area (Å²) in [6.07, 6.45) is -3.85. The fraction of sp³-hybridized carbons (Fsp3) is 0.762. The van der Waals surface area contributed by atoms with Crippen molar-refractivity contribution in [3.05, 3.63) is 0 Å². The number of hydrogen-bond donors (Lipinski definition) is 6. The maximum Gasteiger partial charge on any atom is 0.326 e. The van der Waals surface area contributed by atoms with E-state index in [0.29, 0.717) is 0 Å². The number of nitrogens with zero attached hydrogens (tertiary/aromatic N) is 1. The van der Waals surface area contributed by atoms with Crippen molar-refractivity contribution >= 4 is 40.6 Å². The van der Waals surface area contributed by atoms with Gasteiger partial charge in [-0.25, -0.2) is 4.79 Å². The molecule has 0 bridgehead atoms. The van der Waals surface area contributed by atoms with Gasteiger partial charge in [-0.1, -0.05) is 13.8 Å². The van der Waals surface area contributed by atoms with Gasteiger partial charge in [0.25, 0.3) is 0 Å². The second-order valence-electron chi connectivity index (χ2n) is 8.42. The standard InChI is InChI=1S/C21H35N3O9S/c1-9(8-25)17(28)18(16-12(4)34-13(5)23-16)33-11(3)20(30)22-10(2)19(29)24-14(21(31)32)6-7-15(26)27/h9-12,14,16-18,25,28H,6-8H2,1-5H3,(H,22,30)(H,24,29)(H,26,27)(H,31,32)/t9-,10+,11-,12+,14-,16+,17-,18-/m1/s1. The number of nitrogens with one attached hydrogen (secondary N) is 2. The van der Waals surface area contributed by atoms with Crippen LogP contribution in [0.5, 0.6) is 0 Å². The first-order chi connectivity index (χ1) is 15.8. The number of aliphatic hydroxyl groups excluding tert-OH is 2. The summed E-state index contributed by atoms with van der Waals surface area (Å²) in [7, 11) is 0. The van der Waals surface area contributed by atoms with Crippen LogP contribution < -0.4 is 10.6 Å². The number of hydrogen-bond acceptors (Lipinski definition) is 9. The summed E-state index contributed by atoms with van der Waals surface area (Å²) in [5.74, 6) is -4.59. The van der Waals surface area contributed by atoms with Crippen molar-refractivity contribution < 1.29 is 44.3 Å². The van der Waals surface area contributed by atoms with Crippen LogP contribution in [0.25, 0.3) is 0 Å². The molecule has 8 atom stereocenters. The summed E-state index contributed by atoms with van der Waals surface area (Å²) in [6.45, 7) is 7.89. The highest BCUT2D eigenvalue weighted by molar-refractivity contribution is 8.14. The molecule has 6 N–H and O–H groups in total. The third-order valence-electron chi connectivity index (χ3n) is 5.46. The molecule has 1 heterocycles. The fourth-order valence-electron chi connectivity index (χ4n) is 3.34. The Morgan fingerprint density at radius 2 is 1.74 bits per heavy atom. The Hall–Kier alpha value is -2.22. The normalized spacial score (nSPS) is 23.1. The van der Waals surface area contributed by atoms with Crippen LogP contribution in [0.15, 0.2) is 4.99 Å². The van der Waals surface area contributed by atoms with Crippen LogP contribution in [-0.4, -0.2) is 97.5 Å². The molecule has 0 radical (unpaired) electrons. The molecule has 1 aliphatic rings. The summed E-state index contributed by atoms with van der Waals surface area (Å²) in [6, 6.07) is -3.00. The van der Waals surface area contributed by atoms with E-state index in [1.165, 1.54) is 25.6 Å². The van der Waals surface area contributed by atoms with Crippen LogP contribution in [-0.2, 0) is 23.9 Å². The highest BCUT2D eigenvalue weighted by Crippen LogP contribution is 2.32. The predicted octanol–water partition coefficient (Wildman–Crippen LogP) is -0.389. The summed E-state index contributed by atoms with van der Waals surface area (Å²) in [4.78, 5) is 51.5. The molecule has 0 spiro atoms. The van der Waals surface area contributed by atoms with E-state index < -0.39 is 72.5 Å². The van der Waals surface area contributed by atoms with Crippen molar-refractivity contribution in [1.82, 2.24) is 10.6 Å². The van der Waals surface area contributed by atoms with Gasteiger partial charge in [-0.05, 0) is 27.2 Å². The van der Waals surface area contributed by atoms with E-state index in [4.69, 9.17) is 9.84 Å². The van der Waals surface area contributed by atoms with E-state index in [1.54, 1.807) is 6.92 Å². The van der Waals surface area contributed by atoms with E-state index in [2.05, 4.69) is 15.6 Å². The molecule has 0 saturated carbocycles. The maximum atomic E-state index is 12.7. The number of carbonyl (C=O) groups excluding carboxylic acids is 2. The lowest BCUT2D eigenvalue weighted by Gasteiger charge is -2.33. The third-order valence-corrected chi connectivity index (χ3v) is 6.55. The first-order valence-corrected chi connectivity index (χ1v) is 11.9. The van der Waals surface area contributed by atoms with Gasteiger partial charge in [0.15, 0.2) is 0 Å². The van der Waals surface area contributed by atoms with Crippen LogP contribution in [0.4, 0.5) is 0 Å². The molecule has 12 nitrogen and oxygen atoms in total. The van der Waals surface area contributed by atoms with Gasteiger partial charge in [-0.3, -0.25) is 19.4 Å². The molecule has 13 heteroatoms. The largest absolute Gasteiger partial charge is 0.481 e. The summed E-state index contributed by atoms with van der Waals surface area (Å²) in [5.41, 5.74) is 0. The summed E-state index contributed by atoms with van der Waals surface area (Å²) >= 11 is 1.52. The van der Waals surface area contributed by atoms with Gasteiger partial charge >= 0.3 is 11.9 Å². The van der Waals surface area contributed by atoms with Gasteiger partial charge in [-0.15, -0.1) is 11.8 Å². The number of ether oxygens (including phenoxy) is 1. The van der Waals surface area contributed by atoms with Crippen LogP contribution in [0.1, 0.15) is 47.5 Å². The Bertz CT molecular complexity index is 779. The lowest BCUT2D eigenvalue weighted by atomic mass is 9.94. The molecule has 34 heavy (non-hydrogen) atoms. The van der Waals surface area contributed by atoms with Crippen molar-refractivity contribution in [2.75, 3.05) is 6.61 Å². The van der Waals surface area contributed by atoms with E-state index in [1.807, 2.05) is 13.8 Å². The van der Waals surface area contributed by atoms with Crippen molar-refractivity contribution in [2.45, 2.75) is 89.1 Å². The van der Waals surface area contributed by atoms with Crippen molar-refractivity contribution in [1.29, 1.82) is 0 Å². The van der Waals surface area contributed by atoms with Gasteiger partial charge in [-0.2, -0.15) is 0 Å². The second-order valence-corrected chi connectivity index (χ2v) is 9.99. The number of aliphatic hydroxyl groups is 2. The van der Waals surface area contributed by atoms with Crippen LogP contribution in [0.3, 0.4) is 0 Å². The second kappa shape index (κ2) is 13.6. The Morgan fingerprint density at radius 3 is 2.21 bits per heavy atom. The fourth-order valence-corrected chi connectivity index (χ4v) is 4.41. The van der Waals surface area contributed by atoms with E-state index >= 15 is 0 Å². The lowest BCUT2D eigenvalue weighted by molar-refractivity contribution is -0.148. The third kappa shape index (κ3) is 8.85. The molecule has 1 rings (SSSR count). The number of aliphatic carboxylic acids is 2. The van der Waals surface area contributed by atoms with Crippen LogP contribution >= 0.6 is 11.8 Å². The quantitative estimate of drug-likeness (QED) is 0.181. The predicted molar refractivity (Wildman–Crippen MR) is 125 cm³/mol. The summed E-state index contributed by atoms with van der Waals surface area (Å²) < 4.78 is 5.88. The van der Waals surface area contributed by atoms with Gasteiger partial charge in [0.1, 0.15) is 24.3 Å². The number of rotatable bonds is 14. The Morgan fingerprint density at radius 1 is 1.12 bits per heavy atom. The molecular weight excluding hydrogens is 470 g/mol. The summed E-state index contributed by atoms with van der Waals surface area (Å²) in [5, 5.41) is 43.5. The molecule has 0 fully saturated rings. The highest BCUT2D eigenvalue weighted by Gasteiger charge is 2.40. The molecule has 1 aliphatic heterocycles. The molecule has 0 aromatic carbocycles. The Kier molecular flexibility index (Phi) is 11.9. The van der Waals surface area contributed by atoms with E-state index in [0.717, 1.165) is 5.04 Å². The number of aliphatic imine (C=N–C) groups is 1. The molecule has 0 aromatic heterocycles. The van der Waals surface area contributed by atoms with Gasteiger partial charge < -0.3 is 35.8 Å². The number of carboxylic acids is 2. The molecule has 0 saturated heterocycles. The molecule has 0 aliphatic carbocycles. The average molecular weight is 506 g/mol. The van der Waals surface area contributed by atoms with E-state index in [9.17, 15) is 34.5 Å². The van der Waals surface area contributed by atoms with Crippen molar-refractivity contribution in [3.63, 3.8) is 0 Å². The molecule has 194 valence electrons. The number of carbonyl (C=O) groups is 4. The van der Waals surface area contributed by atoms with Crippen molar-refractivity contribution in [3.8, 4) is 0 Å². The molecule has 2 amide bonds. The first kappa shape index (κ1) is 29.8. The van der Waals surface area contributed by atoms with Crippen LogP contribution in [0.2, 0.25) is 0 Å². The Balaban J connectivity index is 2.82. The topological polar surface area (TPSA) is 195 Å². The number of amides is 2. The number of carboxylic acid groups (broad SMARTS) is 2. The van der Waals surface area contributed by atoms with Crippen LogP contribution in [0, 0.1) is 5.92 Å². The molecule has 0 aromatic rings. The van der Waals surface area contributed by atoms with Gasteiger partial charge in [0.2, 0.25) is 11.8 Å². The van der Waals surface area contributed by atoms with E-state index in [-0.39, 0.29) is 18.3 Å². The zero-order chi connectivity index (χ0) is 26.2. The first-order valence-electron chi connectivity index (χ1n) is 11.0. The number of thioether (sulfide) groups is 1. The minimum absolute atomic E-state index is 0.0238. The average Bonchev–Trinajstić information content (AvgIpc) is 3.10. The minimum Gasteiger partial charge on any atom is -0.481 e. The molecule has 0 unspecified atom stereocenters. The zero-order valence-corrected chi connectivity index (χ0v) is 20.7. The SMILES string of the molecule is CC1=N[C@H]([C@@H](O[C@H](C)C(=O)N[C@@H](C)C(=O)N[C@H](CCC(=O)O)C(=O)O)[C@H](O)[C@H](C)CO)[C@H](C)S1. The lowest BCUT2D eigenvalue weighted by Crippen LogP contribution is -2.53. The highest BCUT2D eigenvalue weighted by atomic mass is 32.2. The van der Waals surface area contributed by atoms with Crippen molar-refractivity contribution in [2.24, 2.45) is 10.9 Å². The maximum absolute atomic E-state index is 12.7. The Labute approximate surface area is 202 Å². The van der Waals surface area contributed by atoms with Gasteiger partial charge in [0.05, 0.1) is 17.2 Å². The minimum atomic E-state index is -1.42. The smallest absolute Gasteiger partial charge is 0.326 e. The van der Waals surface area contributed by atoms with Gasteiger partial charge in [0, 0.05) is 24.2 Å². The molecular formula is C21H35N3O9S. The zero-order valence-electron chi connectivity index (χ0n) is 19.9. The monoisotopic (exact) mass is 505 g/mol.